The zero-order chi connectivity index (χ0) is 22.2. The normalized spacial score (nSPS) is 16.0. The quantitative estimate of drug-likeness (QED) is 0.487. The molecule has 1 aromatic carbocycles. The van der Waals surface area contributed by atoms with Gasteiger partial charge in [0, 0.05) is 19.6 Å². The Labute approximate surface area is 183 Å². The Morgan fingerprint density at radius 3 is 2.68 bits per heavy atom. The number of rotatable bonds is 6. The molecule has 0 saturated carbocycles. The lowest BCUT2D eigenvalue weighted by Gasteiger charge is -2.29. The van der Waals surface area contributed by atoms with Gasteiger partial charge in [-0.15, -0.1) is 0 Å². The van der Waals surface area contributed by atoms with Crippen LogP contribution in [-0.2, 0) is 10.2 Å². The Morgan fingerprint density at radius 2 is 2.00 bits per heavy atom. The molecule has 3 aromatic rings. The Kier molecular flexibility index (Phi) is 5.92. The summed E-state index contributed by atoms with van der Waals surface area (Å²) >= 11 is 3.08. The van der Waals surface area contributed by atoms with Crippen molar-refractivity contribution in [3.8, 4) is 17.2 Å². The van der Waals surface area contributed by atoms with Gasteiger partial charge in [-0.2, -0.15) is 12.7 Å². The SMILES string of the molecule is NS(=O)(=O)N1CCC(CNc2nonc2-c2noc(=O)n2-c2ccc(F)c(Br)c2)CC1. The van der Waals surface area contributed by atoms with Gasteiger partial charge >= 0.3 is 5.76 Å². The van der Waals surface area contributed by atoms with Crippen molar-refractivity contribution in [2.75, 3.05) is 25.0 Å². The maximum Gasteiger partial charge on any atom is 0.446 e. The number of nitrogens with zero attached hydrogens (tertiary/aromatic N) is 5. The van der Waals surface area contributed by atoms with Crippen LogP contribution in [0.25, 0.3) is 17.2 Å². The van der Waals surface area contributed by atoms with Crippen LogP contribution in [0, 0.1) is 11.7 Å². The summed E-state index contributed by atoms with van der Waals surface area (Å²) in [4.78, 5) is 12.2. The molecule has 0 atom stereocenters. The zero-order valence-electron chi connectivity index (χ0n) is 15.9. The van der Waals surface area contributed by atoms with Crippen molar-refractivity contribution in [1.29, 1.82) is 0 Å². The molecule has 0 aliphatic carbocycles. The van der Waals surface area contributed by atoms with Crippen molar-refractivity contribution in [3.05, 3.63) is 39.0 Å². The third-order valence-corrected chi connectivity index (χ3v) is 6.65. The van der Waals surface area contributed by atoms with E-state index in [0.29, 0.717) is 38.2 Å². The van der Waals surface area contributed by atoms with E-state index < -0.39 is 21.8 Å². The van der Waals surface area contributed by atoms with Crippen LogP contribution in [0.3, 0.4) is 0 Å². The van der Waals surface area contributed by atoms with Crippen molar-refractivity contribution in [2.45, 2.75) is 12.8 Å². The van der Waals surface area contributed by atoms with Gasteiger partial charge in [0.05, 0.1) is 10.2 Å². The van der Waals surface area contributed by atoms with Crippen LogP contribution in [0.2, 0.25) is 0 Å². The Hall–Kier alpha value is -2.62. The van der Waals surface area contributed by atoms with Crippen LogP contribution in [0.15, 0.2) is 36.6 Å². The molecular formula is C16H17BrFN7O5S. The van der Waals surface area contributed by atoms with E-state index in [1.165, 1.54) is 22.5 Å². The number of hydrogen-bond donors (Lipinski definition) is 2. The van der Waals surface area contributed by atoms with Gasteiger partial charge in [-0.05, 0) is 63.2 Å². The average molecular weight is 518 g/mol. The van der Waals surface area contributed by atoms with Gasteiger partial charge in [0.1, 0.15) is 5.82 Å². The molecule has 31 heavy (non-hydrogen) atoms. The van der Waals surface area contributed by atoms with Gasteiger partial charge in [0.15, 0.2) is 5.69 Å². The highest BCUT2D eigenvalue weighted by Gasteiger charge is 2.27. The highest BCUT2D eigenvalue weighted by atomic mass is 79.9. The first-order valence-corrected chi connectivity index (χ1v) is 11.4. The van der Waals surface area contributed by atoms with Crippen molar-refractivity contribution in [1.82, 2.24) is 24.3 Å². The molecule has 3 heterocycles. The Morgan fingerprint density at radius 1 is 1.26 bits per heavy atom. The van der Waals surface area contributed by atoms with Crippen LogP contribution < -0.4 is 16.2 Å². The van der Waals surface area contributed by atoms with Gasteiger partial charge in [0.25, 0.3) is 10.2 Å². The number of anilines is 1. The van der Waals surface area contributed by atoms with E-state index in [4.69, 9.17) is 14.3 Å². The molecule has 166 valence electrons. The molecule has 2 aromatic heterocycles. The second-order valence-corrected chi connectivity index (χ2v) is 9.34. The molecule has 1 fully saturated rings. The minimum Gasteiger partial charge on any atom is -0.365 e. The van der Waals surface area contributed by atoms with Crippen LogP contribution >= 0.6 is 15.9 Å². The number of piperidine rings is 1. The number of nitrogens with two attached hydrogens (primary N) is 1. The van der Waals surface area contributed by atoms with Crippen molar-refractivity contribution >= 4 is 32.0 Å². The number of hydrogen-bond acceptors (Lipinski definition) is 9. The molecule has 0 spiro atoms. The highest BCUT2D eigenvalue weighted by molar-refractivity contribution is 9.10. The maximum atomic E-state index is 13.6. The van der Waals surface area contributed by atoms with Crippen LogP contribution in [-0.4, -0.2) is 52.4 Å². The summed E-state index contributed by atoms with van der Waals surface area (Å²) in [7, 11) is -3.69. The monoisotopic (exact) mass is 517 g/mol. The summed E-state index contributed by atoms with van der Waals surface area (Å²) in [5.74, 6) is -0.866. The molecule has 12 nitrogen and oxygen atoms in total. The number of aromatic nitrogens is 4. The zero-order valence-corrected chi connectivity index (χ0v) is 18.3. The van der Waals surface area contributed by atoms with Crippen molar-refractivity contribution < 1.29 is 22.0 Å². The minimum atomic E-state index is -3.69. The number of benzene rings is 1. The largest absolute Gasteiger partial charge is 0.446 e. The fourth-order valence-electron chi connectivity index (χ4n) is 3.31. The second kappa shape index (κ2) is 8.49. The van der Waals surface area contributed by atoms with E-state index in [1.807, 2.05) is 0 Å². The fourth-order valence-corrected chi connectivity index (χ4v) is 4.40. The third kappa shape index (κ3) is 4.53. The Balaban J connectivity index is 1.52. The lowest BCUT2D eigenvalue weighted by atomic mass is 9.98. The average Bonchev–Trinajstić information content (AvgIpc) is 3.34. The highest BCUT2D eigenvalue weighted by Crippen LogP contribution is 2.27. The first-order valence-electron chi connectivity index (χ1n) is 9.13. The van der Waals surface area contributed by atoms with E-state index in [-0.39, 0.29) is 27.7 Å². The molecule has 15 heteroatoms. The first-order chi connectivity index (χ1) is 14.7. The predicted molar refractivity (Wildman–Crippen MR) is 109 cm³/mol. The van der Waals surface area contributed by atoms with Gasteiger partial charge in [-0.1, -0.05) is 5.16 Å². The molecule has 3 N–H and O–H groups in total. The molecule has 0 amide bonds. The molecular weight excluding hydrogens is 501 g/mol. The summed E-state index contributed by atoms with van der Waals surface area (Å²) in [5.41, 5.74) is 0.437. The van der Waals surface area contributed by atoms with Crippen LogP contribution in [0.4, 0.5) is 10.2 Å². The minimum absolute atomic E-state index is 0.0244. The molecule has 1 aliphatic heterocycles. The van der Waals surface area contributed by atoms with Crippen molar-refractivity contribution in [2.24, 2.45) is 11.1 Å². The number of halogens is 2. The fraction of sp³-hybridized carbons (Fsp3) is 0.375. The Bertz CT molecular complexity index is 1250. The number of nitrogens with one attached hydrogen (secondary N) is 1. The topological polar surface area (TPSA) is 162 Å². The smallest absolute Gasteiger partial charge is 0.365 e. The lowest BCUT2D eigenvalue weighted by Crippen LogP contribution is -2.43. The van der Waals surface area contributed by atoms with E-state index in [2.05, 4.69) is 36.7 Å². The van der Waals surface area contributed by atoms with Gasteiger partial charge < -0.3 is 5.32 Å². The summed E-state index contributed by atoms with van der Waals surface area (Å²) in [5, 5.41) is 19.6. The summed E-state index contributed by atoms with van der Waals surface area (Å²) < 4.78 is 48.5. The molecule has 0 bridgehead atoms. The molecule has 4 rings (SSSR count). The predicted octanol–water partition coefficient (Wildman–Crippen LogP) is 1.10. The van der Waals surface area contributed by atoms with Gasteiger partial charge in [-0.25, -0.2) is 23.5 Å². The van der Waals surface area contributed by atoms with E-state index in [1.54, 1.807) is 0 Å². The lowest BCUT2D eigenvalue weighted by molar-refractivity contribution is 0.281. The summed E-state index contributed by atoms with van der Waals surface area (Å²) in [6.45, 7) is 1.12. The van der Waals surface area contributed by atoms with E-state index >= 15 is 0 Å². The molecule has 0 unspecified atom stereocenters. The molecule has 1 saturated heterocycles. The van der Waals surface area contributed by atoms with Gasteiger partial charge in [0.2, 0.25) is 11.6 Å². The van der Waals surface area contributed by atoms with Gasteiger partial charge in [-0.3, -0.25) is 4.52 Å². The summed E-state index contributed by atoms with van der Waals surface area (Å²) in [6, 6.07) is 3.98. The first kappa shape index (κ1) is 21.6. The third-order valence-electron chi connectivity index (χ3n) is 4.96. The van der Waals surface area contributed by atoms with Crippen LogP contribution in [0.5, 0.6) is 0 Å². The molecule has 1 aliphatic rings. The standard InChI is InChI=1S/C16H17BrFN7O5S/c17-11-7-10(1-2-12(11)18)25-15(23-29-16(25)26)13-14(22-30-21-13)20-8-9-3-5-24(6-4-9)31(19,27)28/h1-2,7,9H,3-6,8H2,(H,20,22)(H2,19,27,28). The molecule has 0 radical (unpaired) electrons. The maximum absolute atomic E-state index is 13.6. The van der Waals surface area contributed by atoms with Crippen LogP contribution in [0.1, 0.15) is 12.8 Å². The second-order valence-electron chi connectivity index (χ2n) is 6.94. The van der Waals surface area contributed by atoms with E-state index in [9.17, 15) is 17.6 Å². The van der Waals surface area contributed by atoms with Crippen molar-refractivity contribution in [3.63, 3.8) is 0 Å². The summed E-state index contributed by atoms with van der Waals surface area (Å²) in [6.07, 6.45) is 1.23. The van der Waals surface area contributed by atoms with E-state index in [0.717, 1.165) is 4.57 Å².